The highest BCUT2D eigenvalue weighted by Crippen LogP contribution is 2.19. The summed E-state index contributed by atoms with van der Waals surface area (Å²) in [5.74, 6) is 1.99. The zero-order valence-electron chi connectivity index (χ0n) is 19.2. The zero-order chi connectivity index (χ0) is 23.6. The van der Waals surface area contributed by atoms with Crippen LogP contribution in [0.1, 0.15) is 12.5 Å². The van der Waals surface area contributed by atoms with Gasteiger partial charge in [-0.3, -0.25) is 15.3 Å². The third-order valence-electron chi connectivity index (χ3n) is 5.15. The van der Waals surface area contributed by atoms with E-state index in [1.54, 1.807) is 17.2 Å². The van der Waals surface area contributed by atoms with Crippen molar-refractivity contribution in [3.05, 3.63) is 84.9 Å². The lowest BCUT2D eigenvalue weighted by atomic mass is 10.2. The molecule has 3 aromatic rings. The fourth-order valence-electron chi connectivity index (χ4n) is 3.39. The highest BCUT2D eigenvalue weighted by Gasteiger charge is 2.10. The molecule has 1 aliphatic heterocycles. The Morgan fingerprint density at radius 3 is 2.56 bits per heavy atom. The largest absolute Gasteiger partial charge is 0.456 e. The molecule has 2 N–H and O–H groups in total. The van der Waals surface area contributed by atoms with Crippen molar-refractivity contribution in [2.75, 3.05) is 37.0 Å². The van der Waals surface area contributed by atoms with Crippen molar-refractivity contribution >= 4 is 23.4 Å². The van der Waals surface area contributed by atoms with Crippen LogP contribution in [0.4, 0.5) is 17.2 Å². The number of ether oxygens (including phenoxy) is 2. The van der Waals surface area contributed by atoms with E-state index in [9.17, 15) is 0 Å². The van der Waals surface area contributed by atoms with Gasteiger partial charge in [0.05, 0.1) is 31.3 Å². The van der Waals surface area contributed by atoms with Crippen LogP contribution in [0.15, 0.2) is 84.3 Å². The van der Waals surface area contributed by atoms with Crippen molar-refractivity contribution in [1.82, 2.24) is 20.0 Å². The average molecular weight is 460 g/mol. The second-order valence-electron chi connectivity index (χ2n) is 7.65. The molecule has 0 amide bonds. The quantitative estimate of drug-likeness (QED) is 0.346. The molecular formula is C25H29N7O2. The molecule has 176 valence electrons. The number of allylic oxidation sites excluding steroid dienone is 2. The fraction of sp³-hybridized carbons (Fsp3) is 0.240. The van der Waals surface area contributed by atoms with Crippen molar-refractivity contribution in [2.24, 2.45) is 4.99 Å². The lowest BCUT2D eigenvalue weighted by molar-refractivity contribution is 0.0342. The van der Waals surface area contributed by atoms with Crippen LogP contribution in [-0.2, 0) is 11.3 Å². The second kappa shape index (κ2) is 11.8. The summed E-state index contributed by atoms with van der Waals surface area (Å²) in [6.07, 6.45) is 6.69. The number of nitrogens with zero attached hydrogens (tertiary/aromatic N) is 5. The first kappa shape index (κ1) is 23.2. The highest BCUT2D eigenvalue weighted by molar-refractivity contribution is 5.77. The normalized spacial score (nSPS) is 14.8. The molecule has 1 fully saturated rings. The number of morpholine rings is 1. The van der Waals surface area contributed by atoms with E-state index in [1.165, 1.54) is 11.8 Å². The van der Waals surface area contributed by atoms with Crippen molar-refractivity contribution in [2.45, 2.75) is 13.5 Å². The molecule has 2 heterocycles. The molecule has 0 atom stereocenters. The van der Waals surface area contributed by atoms with Crippen molar-refractivity contribution in [3.8, 4) is 5.75 Å². The van der Waals surface area contributed by atoms with Gasteiger partial charge in [0.25, 0.3) is 0 Å². The van der Waals surface area contributed by atoms with Gasteiger partial charge in [0.2, 0.25) is 0 Å². The van der Waals surface area contributed by atoms with Gasteiger partial charge in [-0.05, 0) is 60.2 Å². The lowest BCUT2D eigenvalue weighted by Crippen LogP contribution is -2.35. The topological polar surface area (TPSA) is 88.8 Å². The van der Waals surface area contributed by atoms with E-state index >= 15 is 0 Å². The molecule has 0 aliphatic carbocycles. The summed E-state index contributed by atoms with van der Waals surface area (Å²) in [5, 5.41) is 11.6. The summed E-state index contributed by atoms with van der Waals surface area (Å²) in [5.41, 5.74) is 6.25. The molecule has 0 radical (unpaired) electrons. The van der Waals surface area contributed by atoms with Gasteiger partial charge >= 0.3 is 0 Å². The number of hydrogen-bond acceptors (Lipinski definition) is 8. The van der Waals surface area contributed by atoms with Crippen molar-refractivity contribution < 1.29 is 9.47 Å². The van der Waals surface area contributed by atoms with Gasteiger partial charge < -0.3 is 14.8 Å². The Morgan fingerprint density at radius 2 is 1.85 bits per heavy atom. The summed E-state index contributed by atoms with van der Waals surface area (Å²) < 4.78 is 11.2. The molecule has 4 rings (SSSR count). The zero-order valence-corrected chi connectivity index (χ0v) is 19.2. The van der Waals surface area contributed by atoms with Crippen LogP contribution in [0.5, 0.6) is 5.75 Å². The predicted octanol–water partition coefficient (Wildman–Crippen LogP) is 4.23. The highest BCUT2D eigenvalue weighted by atomic mass is 16.5. The lowest BCUT2D eigenvalue weighted by Gasteiger charge is -2.26. The van der Waals surface area contributed by atoms with E-state index < -0.39 is 0 Å². The van der Waals surface area contributed by atoms with E-state index in [-0.39, 0.29) is 0 Å². The van der Waals surface area contributed by atoms with Gasteiger partial charge in [-0.1, -0.05) is 18.7 Å². The van der Waals surface area contributed by atoms with Gasteiger partial charge in [-0.15, -0.1) is 5.10 Å². The van der Waals surface area contributed by atoms with Crippen LogP contribution in [0.2, 0.25) is 0 Å². The van der Waals surface area contributed by atoms with Gasteiger partial charge in [-0.2, -0.15) is 4.79 Å². The summed E-state index contributed by atoms with van der Waals surface area (Å²) >= 11 is 0. The first-order valence-electron chi connectivity index (χ1n) is 11.2. The standard InChI is InChI=1S/C25H29N7O2/c1-3-23(17-26-4-2)34-24-11-9-22(10-12-24)29-32-19-25(28-30-32)27-21-7-5-20(6-8-21)18-31-13-15-33-16-14-31/h3-12,17,19,27,29H,2,13-16,18H2,1H3/b23-3+,26-17?. The van der Waals surface area contributed by atoms with Gasteiger partial charge in [-0.25, -0.2) is 0 Å². The smallest absolute Gasteiger partial charge is 0.175 e. The van der Waals surface area contributed by atoms with Gasteiger partial charge in [0.15, 0.2) is 5.82 Å². The summed E-state index contributed by atoms with van der Waals surface area (Å²) in [7, 11) is 0. The van der Waals surface area contributed by atoms with Crippen LogP contribution in [-0.4, -0.2) is 52.5 Å². The van der Waals surface area contributed by atoms with Gasteiger partial charge in [0.1, 0.15) is 11.5 Å². The molecular weight excluding hydrogens is 430 g/mol. The number of aromatic nitrogens is 3. The van der Waals surface area contributed by atoms with E-state index in [2.05, 4.69) is 61.8 Å². The van der Waals surface area contributed by atoms with Gasteiger partial charge in [0, 0.05) is 31.5 Å². The minimum Gasteiger partial charge on any atom is -0.456 e. The Kier molecular flexibility index (Phi) is 8.04. The molecule has 0 unspecified atom stereocenters. The first-order valence-corrected chi connectivity index (χ1v) is 11.2. The third-order valence-corrected chi connectivity index (χ3v) is 5.15. The molecule has 1 saturated heterocycles. The summed E-state index contributed by atoms with van der Waals surface area (Å²) in [6.45, 7) is 9.96. The number of anilines is 3. The average Bonchev–Trinajstić information content (AvgIpc) is 3.31. The molecule has 0 saturated carbocycles. The third kappa shape index (κ3) is 6.77. The summed E-state index contributed by atoms with van der Waals surface area (Å²) in [6, 6.07) is 15.9. The molecule has 0 bridgehead atoms. The number of benzene rings is 2. The van der Waals surface area contributed by atoms with Crippen LogP contribution >= 0.6 is 0 Å². The van der Waals surface area contributed by atoms with Crippen LogP contribution in [0.3, 0.4) is 0 Å². The number of hydrogen-bond donors (Lipinski definition) is 2. The minimum absolute atomic E-state index is 0.640. The maximum Gasteiger partial charge on any atom is 0.175 e. The number of aliphatic imine (C=N–C) groups is 1. The Morgan fingerprint density at radius 1 is 1.12 bits per heavy atom. The van der Waals surface area contributed by atoms with Crippen LogP contribution < -0.4 is 15.5 Å². The Hall–Kier alpha value is -3.95. The van der Waals surface area contributed by atoms with E-state index in [4.69, 9.17) is 9.47 Å². The van der Waals surface area contributed by atoms with E-state index in [1.807, 2.05) is 37.3 Å². The molecule has 1 aliphatic rings. The Balaban J connectivity index is 1.29. The van der Waals surface area contributed by atoms with Crippen LogP contribution in [0, 0.1) is 0 Å². The molecule has 2 aromatic carbocycles. The van der Waals surface area contributed by atoms with Crippen molar-refractivity contribution in [1.29, 1.82) is 0 Å². The van der Waals surface area contributed by atoms with E-state index in [0.717, 1.165) is 44.2 Å². The number of rotatable bonds is 10. The Bertz CT molecular complexity index is 1110. The maximum atomic E-state index is 5.78. The van der Waals surface area contributed by atoms with Crippen LogP contribution in [0.25, 0.3) is 0 Å². The predicted molar refractivity (Wildman–Crippen MR) is 134 cm³/mol. The fourth-order valence-corrected chi connectivity index (χ4v) is 3.39. The molecule has 1 aromatic heterocycles. The first-order chi connectivity index (χ1) is 16.7. The molecule has 34 heavy (non-hydrogen) atoms. The summed E-state index contributed by atoms with van der Waals surface area (Å²) in [4.78, 5) is 7.93. The monoisotopic (exact) mass is 459 g/mol. The Labute approximate surface area is 199 Å². The second-order valence-corrected chi connectivity index (χ2v) is 7.65. The SMILES string of the molecule is C=CN=C/C(=C\C)Oc1ccc(Nn2cc(Nc3ccc(CN4CCOCC4)cc3)nn2)cc1. The molecule has 0 spiro atoms. The van der Waals surface area contributed by atoms with E-state index in [0.29, 0.717) is 17.3 Å². The minimum atomic E-state index is 0.640. The molecule has 9 heteroatoms. The number of nitrogens with one attached hydrogen (secondary N) is 2. The molecule has 9 nitrogen and oxygen atoms in total. The van der Waals surface area contributed by atoms with Crippen molar-refractivity contribution in [3.63, 3.8) is 0 Å². The maximum absolute atomic E-state index is 5.78.